The first-order valence-electron chi connectivity index (χ1n) is 28.6. The molecule has 2 unspecified atom stereocenters. The molecule has 19 heteroatoms. The highest BCUT2D eigenvalue weighted by atomic mass is 32.2. The van der Waals surface area contributed by atoms with Crippen molar-refractivity contribution in [1.29, 1.82) is 0 Å². The number of esters is 1. The Morgan fingerprint density at radius 3 is 1.56 bits per heavy atom. The molecule has 3 aromatic heterocycles. The number of anilines is 2. The molecule has 12 nitrogen and oxygen atoms in total. The zero-order valence-corrected chi connectivity index (χ0v) is 49.5. The Kier molecular flexibility index (Phi) is 17.4. The van der Waals surface area contributed by atoms with Crippen LogP contribution in [0.25, 0.3) is 90.8 Å². The molecule has 90 heavy (non-hydrogen) atoms. The van der Waals surface area contributed by atoms with Crippen molar-refractivity contribution in [2.45, 2.75) is 44.5 Å². The van der Waals surface area contributed by atoms with Crippen LogP contribution in [0.1, 0.15) is 86.4 Å². The minimum absolute atomic E-state index is 0.293. The van der Waals surface area contributed by atoms with Gasteiger partial charge in [-0.05, 0) is 156 Å². The molecule has 3 heterocycles. The summed E-state index contributed by atoms with van der Waals surface area (Å²) in [6.07, 6.45) is 0.424. The van der Waals surface area contributed by atoms with Gasteiger partial charge in [0.15, 0.2) is 0 Å². The molecule has 13 rings (SSSR count). The maximum Gasteiger partial charge on any atom is 0.416 e. The topological polar surface area (TPSA) is 185 Å². The van der Waals surface area contributed by atoms with E-state index in [0.29, 0.717) is 58.2 Å². The quantitative estimate of drug-likeness (QED) is 0.0429. The summed E-state index contributed by atoms with van der Waals surface area (Å²) >= 11 is 0. The van der Waals surface area contributed by atoms with Gasteiger partial charge in [-0.15, -0.1) is 0 Å². The fraction of sp³-hybridized carbons (Fsp3) is 0.127. The number of sulfonamides is 1. The summed E-state index contributed by atoms with van der Waals surface area (Å²) in [5.41, 5.74) is 20.7. The minimum atomic E-state index is -4.36. The zero-order chi connectivity index (χ0) is 63.3. The normalized spacial score (nSPS) is 14.1. The Balaban J connectivity index is 0.000000139. The monoisotopic (exact) mass is 1230 g/mol. The van der Waals surface area contributed by atoms with E-state index < -0.39 is 33.5 Å². The number of hydrogen-bond acceptors (Lipinski definition) is 8. The van der Waals surface area contributed by atoms with Crippen LogP contribution in [0.2, 0.25) is 0 Å². The number of fused-ring (bicyclic) bond motifs is 3. The molecule has 0 spiro atoms. The van der Waals surface area contributed by atoms with E-state index in [1.165, 1.54) is 35.4 Å². The molecule has 0 radical (unpaired) electrons. The number of aryl methyl sites for hydroxylation is 1. The molecule has 1 saturated carbocycles. The van der Waals surface area contributed by atoms with Crippen LogP contribution in [-0.2, 0) is 27.1 Å². The Labute approximate surface area is 514 Å². The lowest BCUT2D eigenvalue weighted by Crippen LogP contribution is -2.10. The number of alkyl halides is 6. The van der Waals surface area contributed by atoms with Gasteiger partial charge in [-0.2, -0.15) is 26.3 Å². The number of nitrogen functional groups attached to an aromatic ring is 1. The third-order valence-corrected chi connectivity index (χ3v) is 15.6. The van der Waals surface area contributed by atoms with Crippen LogP contribution in [0.3, 0.4) is 0 Å². The van der Waals surface area contributed by atoms with Crippen LogP contribution >= 0.6 is 0 Å². The molecule has 0 amide bonds. The second-order valence-electron chi connectivity index (χ2n) is 21.6. The van der Waals surface area contributed by atoms with Crippen molar-refractivity contribution in [3.63, 3.8) is 0 Å². The molecule has 1 aliphatic rings. The average molecular weight is 1230 g/mol. The number of nitrogens with two attached hydrogens (primary N) is 1. The van der Waals surface area contributed by atoms with Gasteiger partial charge < -0.3 is 25.4 Å². The lowest BCUT2D eigenvalue weighted by Gasteiger charge is -2.10. The SMILES string of the molecule is CCOC(=O)c1ccccc1-c1ccc2nc(/C=C/c3ccc(C(F)(F)F)cc3)[nH]c2c1.Cc1ccc(C2CC2c2nc3ccc(-c4ccccc4NS(C)(=O)=O)cc3[nH]2)cc1.Nc1ccccc1-c1ccc2nc(/C=C/c3ccc(C(F)(F)F)cc3)[nH]c2c1. The number of nitrogens with one attached hydrogen (secondary N) is 4. The third-order valence-electron chi connectivity index (χ3n) is 15.0. The number of hydrogen-bond donors (Lipinski definition) is 5. The number of nitrogens with zero attached hydrogens (tertiary/aromatic N) is 3. The number of carbonyl (C=O) groups excluding carboxylic acids is 1. The number of H-pyrrole nitrogens is 3. The van der Waals surface area contributed by atoms with Crippen LogP contribution in [-0.4, -0.2) is 57.2 Å². The number of imidazole rings is 3. The van der Waals surface area contributed by atoms with Gasteiger partial charge in [-0.25, -0.2) is 28.2 Å². The molecule has 1 fully saturated rings. The first-order chi connectivity index (χ1) is 43.1. The van der Waals surface area contributed by atoms with Gasteiger partial charge >= 0.3 is 18.3 Å². The number of carbonyl (C=O) groups is 1. The average Bonchev–Trinajstić information content (AvgIpc) is 1.68. The van der Waals surface area contributed by atoms with Gasteiger partial charge in [0.2, 0.25) is 10.0 Å². The van der Waals surface area contributed by atoms with Crippen molar-refractivity contribution >= 4 is 84.8 Å². The van der Waals surface area contributed by atoms with Gasteiger partial charge in [-0.3, -0.25) is 4.72 Å². The van der Waals surface area contributed by atoms with Gasteiger partial charge in [-0.1, -0.05) is 139 Å². The molecular formula is C71H58F6N8O4S. The summed E-state index contributed by atoms with van der Waals surface area (Å²) in [6.45, 7) is 4.16. The van der Waals surface area contributed by atoms with Gasteiger partial charge in [0, 0.05) is 22.7 Å². The Bertz CT molecular complexity index is 4740. The van der Waals surface area contributed by atoms with Crippen molar-refractivity contribution in [2.24, 2.45) is 0 Å². The van der Waals surface area contributed by atoms with Crippen LogP contribution < -0.4 is 10.5 Å². The standard InChI is InChI=1S/C25H19F3N2O2.C24H23N3O2S.C22H16F3N3/c1-2-32-24(31)20-6-4-3-5-19(20)17-10-13-21-22(15-17)30-23(29-21)14-9-16-7-11-18(12-8-16)25(26,27)28;1-15-7-9-16(10-8-15)19-14-20(19)24-25-22-12-11-17(13-23(22)26-24)18-5-3-4-6-21(18)27-30(2,28)29;23-22(24,25)16-9-5-14(6-10-16)7-12-21-27-19-11-8-15(13-20(19)28-21)17-3-1-2-4-18(17)26/h3-15H,2H2,1H3,(H,29,30);3-13,19-20,27H,14H2,1-2H3,(H,25,26);1-13H,26H2,(H,27,28)/b14-9+;;12-7+. The van der Waals surface area contributed by atoms with E-state index in [9.17, 15) is 39.6 Å². The summed E-state index contributed by atoms with van der Waals surface area (Å²) in [6, 6.07) is 58.4. The summed E-state index contributed by atoms with van der Waals surface area (Å²) in [7, 11) is -3.35. The minimum Gasteiger partial charge on any atom is -0.462 e. The summed E-state index contributed by atoms with van der Waals surface area (Å²) in [5, 5.41) is 0. The summed E-state index contributed by atoms with van der Waals surface area (Å²) < 4.78 is 107. The molecule has 2 atom stereocenters. The van der Waals surface area contributed by atoms with E-state index in [1.807, 2.05) is 109 Å². The molecule has 1 aliphatic carbocycles. The number of aromatic nitrogens is 6. The molecule has 0 aliphatic heterocycles. The first kappa shape index (κ1) is 61.1. The molecule has 454 valence electrons. The summed E-state index contributed by atoms with van der Waals surface area (Å²) in [5.74, 6) is 2.76. The van der Waals surface area contributed by atoms with Crippen LogP contribution in [0.5, 0.6) is 0 Å². The smallest absolute Gasteiger partial charge is 0.416 e. The lowest BCUT2D eigenvalue weighted by molar-refractivity contribution is -0.138. The maximum atomic E-state index is 12.7. The predicted octanol–water partition coefficient (Wildman–Crippen LogP) is 17.8. The molecule has 0 bridgehead atoms. The second kappa shape index (κ2) is 25.7. The van der Waals surface area contributed by atoms with Gasteiger partial charge in [0.05, 0.1) is 68.3 Å². The van der Waals surface area contributed by atoms with E-state index in [2.05, 4.69) is 60.8 Å². The van der Waals surface area contributed by atoms with E-state index in [0.717, 1.165) is 109 Å². The zero-order valence-electron chi connectivity index (χ0n) is 48.7. The number of rotatable bonds is 13. The van der Waals surface area contributed by atoms with Crippen molar-refractivity contribution in [1.82, 2.24) is 29.9 Å². The first-order valence-corrected chi connectivity index (χ1v) is 30.5. The fourth-order valence-corrected chi connectivity index (χ4v) is 11.0. The maximum absolute atomic E-state index is 12.7. The highest BCUT2D eigenvalue weighted by Crippen LogP contribution is 2.54. The third kappa shape index (κ3) is 14.7. The summed E-state index contributed by atoms with van der Waals surface area (Å²) in [4.78, 5) is 36.0. The highest BCUT2D eigenvalue weighted by molar-refractivity contribution is 7.92. The molecular weight excluding hydrogens is 1170 g/mol. The molecule has 6 N–H and O–H groups in total. The Morgan fingerprint density at radius 1 is 0.567 bits per heavy atom. The van der Waals surface area contributed by atoms with Gasteiger partial charge in [0.1, 0.15) is 17.5 Å². The van der Waals surface area contributed by atoms with Crippen molar-refractivity contribution < 1.29 is 44.3 Å². The molecule has 12 aromatic rings. The Morgan fingerprint density at radius 2 is 1.03 bits per heavy atom. The Hall–Kier alpha value is -10.5. The predicted molar refractivity (Wildman–Crippen MR) is 345 cm³/mol. The molecule has 9 aromatic carbocycles. The van der Waals surface area contributed by atoms with E-state index in [4.69, 9.17) is 15.5 Å². The highest BCUT2D eigenvalue weighted by Gasteiger charge is 2.41. The number of para-hydroxylation sites is 2. The van der Waals surface area contributed by atoms with Crippen LogP contribution in [0, 0.1) is 6.92 Å². The van der Waals surface area contributed by atoms with E-state index in [1.54, 1.807) is 49.4 Å². The largest absolute Gasteiger partial charge is 0.462 e. The second-order valence-corrected chi connectivity index (χ2v) is 23.3. The van der Waals surface area contributed by atoms with Crippen molar-refractivity contribution in [3.05, 3.63) is 257 Å². The number of benzene rings is 9. The van der Waals surface area contributed by atoms with Crippen molar-refractivity contribution in [2.75, 3.05) is 23.3 Å². The van der Waals surface area contributed by atoms with Crippen LogP contribution in [0.4, 0.5) is 37.7 Å². The van der Waals surface area contributed by atoms with E-state index >= 15 is 0 Å². The number of ether oxygens (including phenoxy) is 1. The van der Waals surface area contributed by atoms with E-state index in [-0.39, 0.29) is 5.97 Å². The number of halogens is 6. The number of aromatic amines is 3. The fourth-order valence-electron chi connectivity index (χ4n) is 10.4. The van der Waals surface area contributed by atoms with Crippen molar-refractivity contribution in [3.8, 4) is 33.4 Å². The lowest BCUT2D eigenvalue weighted by atomic mass is 9.99. The van der Waals surface area contributed by atoms with Gasteiger partial charge in [0.25, 0.3) is 0 Å². The van der Waals surface area contributed by atoms with Crippen LogP contribution in [0.15, 0.2) is 200 Å². The molecule has 0 saturated heterocycles.